The minimum absolute atomic E-state index is 0.207. The molecule has 1 fully saturated rings. The lowest BCUT2D eigenvalue weighted by atomic mass is 9.89. The van der Waals surface area contributed by atoms with E-state index in [9.17, 15) is 4.39 Å². The molecule has 0 aliphatic heterocycles. The first-order valence-electron chi connectivity index (χ1n) is 6.85. The molecule has 0 aromatic heterocycles. The van der Waals surface area contributed by atoms with Crippen LogP contribution in [0.5, 0.6) is 0 Å². The predicted molar refractivity (Wildman–Crippen MR) is 74.4 cm³/mol. The summed E-state index contributed by atoms with van der Waals surface area (Å²) in [5, 5.41) is 3.74. The van der Waals surface area contributed by atoms with Gasteiger partial charge in [-0.3, -0.25) is 0 Å². The van der Waals surface area contributed by atoms with Crippen molar-refractivity contribution >= 4 is 11.6 Å². The average Bonchev–Trinajstić information content (AvgIpc) is 2.40. The minimum Gasteiger partial charge on any atom is -0.310 e. The van der Waals surface area contributed by atoms with Gasteiger partial charge in [-0.2, -0.15) is 0 Å². The molecule has 0 saturated heterocycles. The van der Waals surface area contributed by atoms with Gasteiger partial charge in [0.05, 0.1) is 5.02 Å². The van der Waals surface area contributed by atoms with Crippen LogP contribution in [-0.2, 0) is 0 Å². The summed E-state index contributed by atoms with van der Waals surface area (Å²) >= 11 is 5.80. The average molecular weight is 270 g/mol. The molecule has 18 heavy (non-hydrogen) atoms. The topological polar surface area (TPSA) is 12.0 Å². The maximum Gasteiger partial charge on any atom is 0.141 e. The van der Waals surface area contributed by atoms with E-state index in [1.54, 1.807) is 12.1 Å². The van der Waals surface area contributed by atoms with Crippen LogP contribution in [0.2, 0.25) is 5.02 Å². The number of nitrogens with one attached hydrogen (secondary N) is 1. The lowest BCUT2D eigenvalue weighted by Crippen LogP contribution is -2.27. The van der Waals surface area contributed by atoms with Gasteiger partial charge in [-0.1, -0.05) is 36.9 Å². The van der Waals surface area contributed by atoms with Gasteiger partial charge < -0.3 is 5.32 Å². The first-order chi connectivity index (χ1) is 8.66. The first-order valence-corrected chi connectivity index (χ1v) is 7.23. The van der Waals surface area contributed by atoms with Crippen LogP contribution in [0.15, 0.2) is 18.2 Å². The highest BCUT2D eigenvalue weighted by Gasteiger charge is 2.15. The van der Waals surface area contributed by atoms with Crippen LogP contribution in [0.25, 0.3) is 0 Å². The zero-order chi connectivity index (χ0) is 13.0. The molecule has 0 amide bonds. The first kappa shape index (κ1) is 13.8. The molecule has 0 spiro atoms. The van der Waals surface area contributed by atoms with Crippen molar-refractivity contribution in [1.29, 1.82) is 0 Å². The van der Waals surface area contributed by atoms with E-state index in [2.05, 4.69) is 12.2 Å². The molecule has 1 unspecified atom stereocenters. The van der Waals surface area contributed by atoms with Gasteiger partial charge in [-0.15, -0.1) is 0 Å². The highest BCUT2D eigenvalue weighted by molar-refractivity contribution is 6.30. The summed E-state index contributed by atoms with van der Waals surface area (Å²) in [6.07, 6.45) is 6.79. The summed E-state index contributed by atoms with van der Waals surface area (Å²) in [4.78, 5) is 0. The molecule has 1 nitrogen and oxygen atoms in total. The Morgan fingerprint density at radius 2 is 2.06 bits per heavy atom. The van der Waals surface area contributed by atoms with Crippen molar-refractivity contribution in [3.05, 3.63) is 34.6 Å². The van der Waals surface area contributed by atoms with Crippen molar-refractivity contribution in [3.8, 4) is 0 Å². The third-order valence-electron chi connectivity index (χ3n) is 3.88. The Bertz CT molecular complexity index is 388. The van der Waals surface area contributed by atoms with Crippen LogP contribution in [0, 0.1) is 11.7 Å². The lowest BCUT2D eigenvalue weighted by molar-refractivity contribution is 0.331. The van der Waals surface area contributed by atoms with E-state index in [0.717, 1.165) is 18.0 Å². The van der Waals surface area contributed by atoms with Gasteiger partial charge in [0.1, 0.15) is 5.82 Å². The van der Waals surface area contributed by atoms with Gasteiger partial charge in [0.25, 0.3) is 0 Å². The second-order valence-corrected chi connectivity index (χ2v) is 5.71. The van der Waals surface area contributed by atoms with Crippen molar-refractivity contribution in [1.82, 2.24) is 5.32 Å². The third-order valence-corrected chi connectivity index (χ3v) is 4.17. The molecule has 1 atom stereocenters. The van der Waals surface area contributed by atoms with Crippen molar-refractivity contribution in [3.63, 3.8) is 0 Å². The number of hydrogen-bond acceptors (Lipinski definition) is 1. The molecule has 0 radical (unpaired) electrons. The molecule has 3 heteroatoms. The Labute approximate surface area is 114 Å². The monoisotopic (exact) mass is 269 g/mol. The van der Waals surface area contributed by atoms with Crippen molar-refractivity contribution in [2.75, 3.05) is 6.54 Å². The van der Waals surface area contributed by atoms with Crippen molar-refractivity contribution in [2.24, 2.45) is 5.92 Å². The zero-order valence-corrected chi connectivity index (χ0v) is 11.6. The number of hydrogen-bond donors (Lipinski definition) is 1. The Balaban J connectivity index is 1.86. The van der Waals surface area contributed by atoms with Gasteiger partial charge in [0.15, 0.2) is 0 Å². The summed E-state index contributed by atoms with van der Waals surface area (Å²) in [7, 11) is 0. The fraction of sp³-hybridized carbons (Fsp3) is 0.600. The SMILES string of the molecule is CC(NCC1CCCCC1)c1ccc(F)c(Cl)c1. The molecular weight excluding hydrogens is 249 g/mol. The van der Waals surface area contributed by atoms with Crippen molar-refractivity contribution < 1.29 is 4.39 Å². The van der Waals surface area contributed by atoms with E-state index in [1.165, 1.54) is 38.2 Å². The summed E-state index contributed by atoms with van der Waals surface area (Å²) in [6.45, 7) is 3.16. The van der Waals surface area contributed by atoms with Crippen LogP contribution >= 0.6 is 11.6 Å². The predicted octanol–water partition coefficient (Wildman–Crippen LogP) is 4.71. The largest absolute Gasteiger partial charge is 0.310 e. The lowest BCUT2D eigenvalue weighted by Gasteiger charge is -2.24. The maximum absolute atomic E-state index is 13.1. The molecule has 1 aromatic carbocycles. The quantitative estimate of drug-likeness (QED) is 0.835. The normalized spacial score (nSPS) is 18.8. The van der Waals surface area contributed by atoms with Gasteiger partial charge >= 0.3 is 0 Å². The van der Waals surface area contributed by atoms with Crippen LogP contribution < -0.4 is 5.32 Å². The molecule has 0 heterocycles. The van der Waals surface area contributed by atoms with Crippen LogP contribution in [0.1, 0.15) is 50.6 Å². The summed E-state index contributed by atoms with van der Waals surface area (Å²) < 4.78 is 13.1. The Hall–Kier alpha value is -0.600. The molecule has 1 aliphatic rings. The van der Waals surface area contributed by atoms with Crippen LogP contribution in [-0.4, -0.2) is 6.54 Å². The van der Waals surface area contributed by atoms with Crippen LogP contribution in [0.3, 0.4) is 0 Å². The fourth-order valence-electron chi connectivity index (χ4n) is 2.63. The minimum atomic E-state index is -0.347. The molecule has 2 rings (SSSR count). The second-order valence-electron chi connectivity index (χ2n) is 5.31. The van der Waals surface area contributed by atoms with E-state index in [1.807, 2.05) is 0 Å². The van der Waals surface area contributed by atoms with Crippen LogP contribution in [0.4, 0.5) is 4.39 Å². The third kappa shape index (κ3) is 3.69. The summed E-state index contributed by atoms with van der Waals surface area (Å²) in [5.74, 6) is 0.456. The van der Waals surface area contributed by atoms with E-state index in [4.69, 9.17) is 11.6 Å². The smallest absolute Gasteiger partial charge is 0.141 e. The van der Waals surface area contributed by atoms with Gasteiger partial charge in [-0.25, -0.2) is 4.39 Å². The highest BCUT2D eigenvalue weighted by atomic mass is 35.5. The van der Waals surface area contributed by atoms with E-state index in [0.29, 0.717) is 0 Å². The van der Waals surface area contributed by atoms with E-state index >= 15 is 0 Å². The maximum atomic E-state index is 13.1. The molecule has 0 bridgehead atoms. The number of halogens is 2. The van der Waals surface area contributed by atoms with Gasteiger partial charge in [-0.05, 0) is 49.9 Å². The molecule has 1 aromatic rings. The fourth-order valence-corrected chi connectivity index (χ4v) is 2.82. The molecule has 1 saturated carbocycles. The molecule has 1 aliphatic carbocycles. The Morgan fingerprint density at radius 1 is 1.33 bits per heavy atom. The van der Waals surface area contributed by atoms with E-state index < -0.39 is 0 Å². The highest BCUT2D eigenvalue weighted by Crippen LogP contribution is 2.25. The molecule has 1 N–H and O–H groups in total. The molecular formula is C15H21ClFN. The summed E-state index contributed by atoms with van der Waals surface area (Å²) in [5.41, 5.74) is 1.05. The second kappa shape index (κ2) is 6.53. The number of rotatable bonds is 4. The van der Waals surface area contributed by atoms with E-state index in [-0.39, 0.29) is 16.9 Å². The van der Waals surface area contributed by atoms with Crippen molar-refractivity contribution in [2.45, 2.75) is 45.1 Å². The standard InChI is InChI=1S/C15H21ClFN/c1-11(13-7-8-15(17)14(16)9-13)18-10-12-5-3-2-4-6-12/h7-9,11-12,18H,2-6,10H2,1H3. The Morgan fingerprint density at radius 3 is 2.72 bits per heavy atom. The summed E-state index contributed by atoms with van der Waals surface area (Å²) in [6, 6.07) is 5.19. The number of benzene rings is 1. The Kier molecular flexibility index (Phi) is 5.02. The zero-order valence-electron chi connectivity index (χ0n) is 10.9. The van der Waals surface area contributed by atoms with Gasteiger partial charge in [0.2, 0.25) is 0 Å². The molecule has 100 valence electrons. The van der Waals surface area contributed by atoms with Gasteiger partial charge in [0, 0.05) is 6.04 Å².